The van der Waals surface area contributed by atoms with Crippen LogP contribution in [0.5, 0.6) is 0 Å². The van der Waals surface area contributed by atoms with Crippen LogP contribution in [0.25, 0.3) is 0 Å². The van der Waals surface area contributed by atoms with Crippen molar-refractivity contribution in [3.8, 4) is 6.07 Å². The number of hydrogen-bond donors (Lipinski definition) is 1. The summed E-state index contributed by atoms with van der Waals surface area (Å²) >= 11 is 1.37. The molecule has 0 bridgehead atoms. The number of hydrogen-bond acceptors (Lipinski definition) is 4. The van der Waals surface area contributed by atoms with Crippen molar-refractivity contribution in [3.05, 3.63) is 11.1 Å². The summed E-state index contributed by atoms with van der Waals surface area (Å²) in [6.07, 6.45) is 1.57. The average Bonchev–Trinajstić information content (AvgIpc) is 2.37. The van der Waals surface area contributed by atoms with Gasteiger partial charge in [-0.15, -0.1) is 0 Å². The predicted molar refractivity (Wildman–Crippen MR) is 41.0 cm³/mol. The van der Waals surface area contributed by atoms with Gasteiger partial charge < -0.3 is 5.32 Å². The lowest BCUT2D eigenvalue weighted by molar-refractivity contribution is 1.19. The maximum absolute atomic E-state index is 8.41. The lowest BCUT2D eigenvalue weighted by atomic mass is 10.6. The van der Waals surface area contributed by atoms with Gasteiger partial charge in [0.25, 0.3) is 0 Å². The molecule has 0 aliphatic heterocycles. The fraction of sp³-hybridized carbons (Fsp3) is 0.333. The highest BCUT2D eigenvalue weighted by atomic mass is 32.1. The van der Waals surface area contributed by atoms with E-state index in [9.17, 15) is 0 Å². The molecule has 0 aliphatic carbocycles. The first kappa shape index (κ1) is 7.03. The van der Waals surface area contributed by atoms with Crippen molar-refractivity contribution in [2.24, 2.45) is 0 Å². The topological polar surface area (TPSA) is 48.7 Å². The van der Waals surface area contributed by atoms with E-state index < -0.39 is 0 Å². The van der Waals surface area contributed by atoms with Gasteiger partial charge in [0.05, 0.1) is 6.20 Å². The molecule has 0 atom stereocenters. The largest absolute Gasteiger partial charge is 0.362 e. The van der Waals surface area contributed by atoms with E-state index in [0.29, 0.717) is 4.88 Å². The van der Waals surface area contributed by atoms with Crippen LogP contribution in [0.1, 0.15) is 11.8 Å². The van der Waals surface area contributed by atoms with Gasteiger partial charge in [0, 0.05) is 6.54 Å². The van der Waals surface area contributed by atoms with Crippen LogP contribution in [-0.2, 0) is 0 Å². The molecule has 0 unspecified atom stereocenters. The molecule has 52 valence electrons. The molecule has 0 radical (unpaired) electrons. The highest BCUT2D eigenvalue weighted by Gasteiger charge is 1.96. The monoisotopic (exact) mass is 153 g/mol. The number of nitrogens with zero attached hydrogens (tertiary/aromatic N) is 2. The van der Waals surface area contributed by atoms with Gasteiger partial charge >= 0.3 is 0 Å². The molecule has 1 rings (SSSR count). The van der Waals surface area contributed by atoms with Gasteiger partial charge in [-0.05, 0) is 6.92 Å². The Morgan fingerprint density at radius 2 is 2.70 bits per heavy atom. The second-order valence-corrected chi connectivity index (χ2v) is 2.70. The van der Waals surface area contributed by atoms with Crippen LogP contribution in [0.15, 0.2) is 6.20 Å². The highest BCUT2D eigenvalue weighted by Crippen LogP contribution is 2.15. The Balaban J connectivity index is 2.71. The molecule has 4 heteroatoms. The molecule has 1 heterocycles. The quantitative estimate of drug-likeness (QED) is 0.699. The van der Waals surface area contributed by atoms with Crippen molar-refractivity contribution in [1.82, 2.24) is 4.98 Å². The molecular weight excluding hydrogens is 146 g/mol. The minimum atomic E-state index is 0.649. The average molecular weight is 153 g/mol. The van der Waals surface area contributed by atoms with Gasteiger partial charge in [-0.2, -0.15) is 5.26 Å². The van der Waals surface area contributed by atoms with Crippen molar-refractivity contribution in [2.75, 3.05) is 11.9 Å². The summed E-state index contributed by atoms with van der Waals surface area (Å²) in [5.41, 5.74) is 0. The first-order chi connectivity index (χ1) is 4.86. The number of nitrogens with one attached hydrogen (secondary N) is 1. The molecule has 0 aliphatic rings. The van der Waals surface area contributed by atoms with Gasteiger partial charge in [-0.3, -0.25) is 0 Å². The van der Waals surface area contributed by atoms with Crippen LogP contribution < -0.4 is 5.32 Å². The fourth-order valence-electron chi connectivity index (χ4n) is 0.559. The van der Waals surface area contributed by atoms with Crippen molar-refractivity contribution < 1.29 is 0 Å². The summed E-state index contributed by atoms with van der Waals surface area (Å²) in [6, 6.07) is 2.02. The van der Waals surface area contributed by atoms with E-state index in [4.69, 9.17) is 5.26 Å². The molecule has 0 aromatic carbocycles. The Hall–Kier alpha value is -1.08. The van der Waals surface area contributed by atoms with Gasteiger partial charge in [-0.1, -0.05) is 11.3 Å². The van der Waals surface area contributed by atoms with Crippen molar-refractivity contribution in [2.45, 2.75) is 6.92 Å². The zero-order valence-corrected chi connectivity index (χ0v) is 6.40. The highest BCUT2D eigenvalue weighted by molar-refractivity contribution is 7.16. The van der Waals surface area contributed by atoms with Gasteiger partial charge in [0.1, 0.15) is 10.9 Å². The number of rotatable bonds is 2. The van der Waals surface area contributed by atoms with Crippen molar-refractivity contribution in [1.29, 1.82) is 5.26 Å². The lowest BCUT2D eigenvalue weighted by Gasteiger charge is -1.91. The molecule has 1 N–H and O–H groups in total. The SMILES string of the molecule is CCNc1ncc(C#N)s1. The number of thiazole rings is 1. The molecule has 1 aromatic rings. The summed E-state index contributed by atoms with van der Waals surface area (Å²) in [6.45, 7) is 2.84. The van der Waals surface area contributed by atoms with Gasteiger partial charge in [-0.25, -0.2) is 4.98 Å². The second kappa shape index (κ2) is 3.18. The first-order valence-electron chi connectivity index (χ1n) is 2.96. The Morgan fingerprint density at radius 1 is 1.90 bits per heavy atom. The maximum atomic E-state index is 8.41. The van der Waals surface area contributed by atoms with Crippen LogP contribution in [0, 0.1) is 11.3 Å². The third kappa shape index (κ3) is 1.45. The minimum Gasteiger partial charge on any atom is -0.362 e. The van der Waals surface area contributed by atoms with Crippen LogP contribution in [-0.4, -0.2) is 11.5 Å². The third-order valence-electron chi connectivity index (χ3n) is 0.944. The van der Waals surface area contributed by atoms with Gasteiger partial charge in [0.2, 0.25) is 0 Å². The zero-order valence-electron chi connectivity index (χ0n) is 5.59. The van der Waals surface area contributed by atoms with E-state index >= 15 is 0 Å². The summed E-state index contributed by atoms with van der Waals surface area (Å²) in [7, 11) is 0. The van der Waals surface area contributed by atoms with Crippen molar-refractivity contribution in [3.63, 3.8) is 0 Å². The fourth-order valence-corrected chi connectivity index (χ4v) is 1.24. The molecule has 0 fully saturated rings. The summed E-state index contributed by atoms with van der Waals surface area (Å²) in [5.74, 6) is 0. The van der Waals surface area contributed by atoms with Crippen LogP contribution in [0.4, 0.5) is 5.13 Å². The van der Waals surface area contributed by atoms with E-state index in [0.717, 1.165) is 11.7 Å². The Morgan fingerprint density at radius 3 is 3.20 bits per heavy atom. The molecule has 10 heavy (non-hydrogen) atoms. The molecule has 3 nitrogen and oxygen atoms in total. The van der Waals surface area contributed by atoms with E-state index in [1.165, 1.54) is 11.3 Å². The van der Waals surface area contributed by atoms with E-state index in [1.54, 1.807) is 6.20 Å². The predicted octanol–water partition coefficient (Wildman–Crippen LogP) is 1.45. The minimum absolute atomic E-state index is 0.649. The Bertz CT molecular complexity index is 248. The second-order valence-electron chi connectivity index (χ2n) is 1.67. The van der Waals surface area contributed by atoms with E-state index in [1.807, 2.05) is 13.0 Å². The number of nitriles is 1. The van der Waals surface area contributed by atoms with Crippen LogP contribution >= 0.6 is 11.3 Å². The smallest absolute Gasteiger partial charge is 0.183 e. The summed E-state index contributed by atoms with van der Waals surface area (Å²) in [4.78, 5) is 4.61. The zero-order chi connectivity index (χ0) is 7.40. The molecule has 0 saturated carbocycles. The summed E-state index contributed by atoms with van der Waals surface area (Å²) in [5, 5.41) is 12.2. The van der Waals surface area contributed by atoms with E-state index in [2.05, 4.69) is 10.3 Å². The van der Waals surface area contributed by atoms with Gasteiger partial charge in [0.15, 0.2) is 5.13 Å². The molecule has 0 saturated heterocycles. The van der Waals surface area contributed by atoms with Crippen molar-refractivity contribution >= 4 is 16.5 Å². The normalized spacial score (nSPS) is 8.80. The van der Waals surface area contributed by atoms with Crippen LogP contribution in [0.2, 0.25) is 0 Å². The van der Waals surface area contributed by atoms with E-state index in [-0.39, 0.29) is 0 Å². The molecule has 0 amide bonds. The third-order valence-corrected chi connectivity index (χ3v) is 1.80. The lowest BCUT2D eigenvalue weighted by Crippen LogP contribution is -1.94. The molecule has 1 aromatic heterocycles. The standard InChI is InChI=1S/C6H7N3S/c1-2-8-6-9-4-5(3-7)10-6/h4H,2H2,1H3,(H,8,9). The number of anilines is 1. The molecular formula is C6H7N3S. The number of aromatic nitrogens is 1. The Labute approximate surface area is 63.3 Å². The molecule has 0 spiro atoms. The Kier molecular flexibility index (Phi) is 2.24. The summed E-state index contributed by atoms with van der Waals surface area (Å²) < 4.78 is 0. The van der Waals surface area contributed by atoms with Crippen LogP contribution in [0.3, 0.4) is 0 Å². The first-order valence-corrected chi connectivity index (χ1v) is 3.78. The maximum Gasteiger partial charge on any atom is 0.183 e.